The third kappa shape index (κ3) is 3.83. The summed E-state index contributed by atoms with van der Waals surface area (Å²) in [4.78, 5) is 5.29. The summed E-state index contributed by atoms with van der Waals surface area (Å²) in [6.07, 6.45) is 9.50. The third-order valence-corrected chi connectivity index (χ3v) is 5.94. The molecule has 2 aliphatic rings. The van der Waals surface area contributed by atoms with Gasteiger partial charge in [-0.2, -0.15) is 0 Å². The van der Waals surface area contributed by atoms with Crippen LogP contribution in [0.2, 0.25) is 0 Å². The van der Waals surface area contributed by atoms with E-state index in [4.69, 9.17) is 4.42 Å². The van der Waals surface area contributed by atoms with Gasteiger partial charge in [-0.15, -0.1) is 5.10 Å². The van der Waals surface area contributed by atoms with E-state index in [9.17, 15) is 0 Å². The molecule has 7 nitrogen and oxygen atoms in total. The molecule has 142 valence electrons. The molecule has 2 aromatic rings. The summed E-state index contributed by atoms with van der Waals surface area (Å²) in [5.74, 6) is 1.86. The van der Waals surface area contributed by atoms with Crippen molar-refractivity contribution < 1.29 is 4.42 Å². The van der Waals surface area contributed by atoms with Crippen molar-refractivity contribution >= 4 is 0 Å². The van der Waals surface area contributed by atoms with Crippen molar-refractivity contribution in [2.24, 2.45) is 0 Å². The maximum atomic E-state index is 5.48. The van der Waals surface area contributed by atoms with Gasteiger partial charge in [-0.1, -0.05) is 26.2 Å². The Morgan fingerprint density at radius 3 is 2.69 bits per heavy atom. The van der Waals surface area contributed by atoms with Crippen LogP contribution >= 0.6 is 0 Å². The molecule has 0 bridgehead atoms. The molecule has 7 heteroatoms. The van der Waals surface area contributed by atoms with E-state index in [-0.39, 0.29) is 6.04 Å². The van der Waals surface area contributed by atoms with Gasteiger partial charge in [0.2, 0.25) is 0 Å². The monoisotopic (exact) mass is 358 g/mol. The van der Waals surface area contributed by atoms with Gasteiger partial charge in [-0.25, -0.2) is 4.68 Å². The molecule has 1 aliphatic carbocycles. The highest BCUT2D eigenvalue weighted by Gasteiger charge is 2.31. The highest BCUT2D eigenvalue weighted by atomic mass is 16.3. The summed E-state index contributed by atoms with van der Waals surface area (Å²) in [7, 11) is 0. The minimum absolute atomic E-state index is 0.288. The van der Waals surface area contributed by atoms with Crippen molar-refractivity contribution in [3.8, 4) is 0 Å². The van der Waals surface area contributed by atoms with Crippen LogP contribution in [0.15, 0.2) is 22.8 Å². The maximum absolute atomic E-state index is 5.48. The second kappa shape index (κ2) is 8.31. The molecule has 4 rings (SSSR count). The molecule has 26 heavy (non-hydrogen) atoms. The van der Waals surface area contributed by atoms with E-state index >= 15 is 0 Å². The Morgan fingerprint density at radius 1 is 1.19 bits per heavy atom. The number of piperazine rings is 1. The average molecular weight is 358 g/mol. The van der Waals surface area contributed by atoms with Crippen LogP contribution in [0, 0.1) is 0 Å². The fourth-order valence-electron chi connectivity index (χ4n) is 4.55. The molecule has 0 aromatic carbocycles. The Balaban J connectivity index is 1.44. The minimum Gasteiger partial charge on any atom is -0.467 e. The molecule has 1 aliphatic heterocycles. The van der Waals surface area contributed by atoms with E-state index in [2.05, 4.69) is 32.2 Å². The molecule has 0 unspecified atom stereocenters. The molecule has 1 atom stereocenters. The summed E-state index contributed by atoms with van der Waals surface area (Å²) in [6.45, 7) is 7.39. The van der Waals surface area contributed by atoms with Gasteiger partial charge >= 0.3 is 0 Å². The lowest BCUT2D eigenvalue weighted by molar-refractivity contribution is 0.0626. The van der Waals surface area contributed by atoms with Crippen molar-refractivity contribution in [3.05, 3.63) is 30.0 Å². The average Bonchev–Trinajstić information content (AvgIpc) is 3.43. The van der Waals surface area contributed by atoms with Gasteiger partial charge in [-0.3, -0.25) is 9.80 Å². The predicted molar refractivity (Wildman–Crippen MR) is 98.7 cm³/mol. The van der Waals surface area contributed by atoms with Crippen molar-refractivity contribution in [1.29, 1.82) is 0 Å². The minimum atomic E-state index is 0.288. The molecule has 1 saturated heterocycles. The van der Waals surface area contributed by atoms with Gasteiger partial charge in [-0.05, 0) is 41.8 Å². The number of aromatic nitrogens is 4. The fourth-order valence-corrected chi connectivity index (χ4v) is 4.55. The predicted octanol–water partition coefficient (Wildman–Crippen LogP) is 2.72. The lowest BCUT2D eigenvalue weighted by atomic mass is 10.1. The van der Waals surface area contributed by atoms with Gasteiger partial charge < -0.3 is 4.42 Å². The quantitative estimate of drug-likeness (QED) is 0.758. The van der Waals surface area contributed by atoms with E-state index in [0.29, 0.717) is 6.54 Å². The lowest BCUT2D eigenvalue weighted by Gasteiger charge is -2.41. The van der Waals surface area contributed by atoms with Crippen LogP contribution in [0.1, 0.15) is 63.1 Å². The van der Waals surface area contributed by atoms with E-state index in [1.54, 1.807) is 6.26 Å². The third-order valence-electron chi connectivity index (χ3n) is 5.94. The number of hydrogen-bond donors (Lipinski definition) is 0. The van der Waals surface area contributed by atoms with Gasteiger partial charge in [0.25, 0.3) is 0 Å². The zero-order valence-corrected chi connectivity index (χ0v) is 15.8. The molecule has 2 fully saturated rings. The molecule has 2 aromatic heterocycles. The Morgan fingerprint density at radius 2 is 2.00 bits per heavy atom. The topological polar surface area (TPSA) is 63.2 Å². The van der Waals surface area contributed by atoms with Gasteiger partial charge in [0, 0.05) is 32.2 Å². The van der Waals surface area contributed by atoms with Crippen LogP contribution in [0.3, 0.4) is 0 Å². The Kier molecular flexibility index (Phi) is 5.65. The Labute approximate surface area is 155 Å². The van der Waals surface area contributed by atoms with Crippen molar-refractivity contribution in [2.45, 2.75) is 64.1 Å². The van der Waals surface area contributed by atoms with Crippen molar-refractivity contribution in [1.82, 2.24) is 30.0 Å². The molecular formula is C19H30N6O. The van der Waals surface area contributed by atoms with Crippen molar-refractivity contribution in [3.63, 3.8) is 0 Å². The standard InChI is InChI=1S/C19H30N6O/c1-2-6-18(19-20-21-22-25(19)15-17-9-5-14-26-17)24-12-10-23(11-13-24)16-7-3-4-8-16/h5,9,14,16,18H,2-4,6-8,10-13,15H2,1H3/t18-/m0/s1. The molecule has 0 spiro atoms. The summed E-state index contributed by atoms with van der Waals surface area (Å²) in [6, 6.07) is 4.99. The molecule has 3 heterocycles. The lowest BCUT2D eigenvalue weighted by Crippen LogP contribution is -2.50. The van der Waals surface area contributed by atoms with E-state index in [1.165, 1.54) is 38.8 Å². The number of nitrogens with zero attached hydrogens (tertiary/aromatic N) is 6. The number of hydrogen-bond acceptors (Lipinski definition) is 6. The molecular weight excluding hydrogens is 328 g/mol. The van der Waals surface area contributed by atoms with Gasteiger partial charge in [0.05, 0.1) is 12.3 Å². The first-order chi connectivity index (χ1) is 12.8. The normalized spacial score (nSPS) is 21.4. The molecule has 0 N–H and O–H groups in total. The number of rotatable bonds is 7. The van der Waals surface area contributed by atoms with Gasteiger partial charge in [0.1, 0.15) is 12.3 Å². The zero-order chi connectivity index (χ0) is 17.8. The maximum Gasteiger partial charge on any atom is 0.168 e. The largest absolute Gasteiger partial charge is 0.467 e. The molecule has 0 amide bonds. The van der Waals surface area contributed by atoms with Crippen LogP contribution in [-0.4, -0.2) is 62.2 Å². The van der Waals surface area contributed by atoms with Crippen molar-refractivity contribution in [2.75, 3.05) is 26.2 Å². The molecule has 1 saturated carbocycles. The first kappa shape index (κ1) is 17.7. The smallest absolute Gasteiger partial charge is 0.168 e. The summed E-state index contributed by atoms with van der Waals surface area (Å²) in [5, 5.41) is 12.6. The number of tetrazole rings is 1. The van der Waals surface area contributed by atoms with E-state index in [0.717, 1.165) is 43.6 Å². The van der Waals surface area contributed by atoms with Crippen LogP contribution in [-0.2, 0) is 6.54 Å². The second-order valence-electron chi connectivity index (χ2n) is 7.59. The first-order valence-electron chi connectivity index (χ1n) is 10.1. The molecule has 0 radical (unpaired) electrons. The van der Waals surface area contributed by atoms with E-state index < -0.39 is 0 Å². The van der Waals surface area contributed by atoms with Crippen LogP contribution < -0.4 is 0 Å². The second-order valence-corrected chi connectivity index (χ2v) is 7.59. The summed E-state index contributed by atoms with van der Waals surface area (Å²) >= 11 is 0. The Bertz CT molecular complexity index is 655. The first-order valence-corrected chi connectivity index (χ1v) is 10.1. The highest BCUT2D eigenvalue weighted by Crippen LogP contribution is 2.28. The van der Waals surface area contributed by atoms with Crippen LogP contribution in [0.4, 0.5) is 0 Å². The zero-order valence-electron chi connectivity index (χ0n) is 15.8. The Hall–Kier alpha value is -1.73. The summed E-state index contributed by atoms with van der Waals surface area (Å²) in [5.41, 5.74) is 0. The SMILES string of the molecule is CCC[C@@H](c1nnnn1Cc1ccco1)N1CCN(C2CCCC2)CC1. The summed E-state index contributed by atoms with van der Waals surface area (Å²) < 4.78 is 7.39. The van der Waals surface area contributed by atoms with Crippen LogP contribution in [0.25, 0.3) is 0 Å². The number of furan rings is 1. The van der Waals surface area contributed by atoms with E-state index in [1.807, 2.05) is 16.8 Å². The van der Waals surface area contributed by atoms with Crippen LogP contribution in [0.5, 0.6) is 0 Å². The highest BCUT2D eigenvalue weighted by molar-refractivity contribution is 5.02. The fraction of sp³-hybridized carbons (Fsp3) is 0.737. The van der Waals surface area contributed by atoms with Gasteiger partial charge in [0.15, 0.2) is 5.82 Å².